The molecule has 0 saturated carbocycles. The number of nitro benzene ring substituents is 1. The summed E-state index contributed by atoms with van der Waals surface area (Å²) in [5.41, 5.74) is 0.374. The molecule has 0 saturated heterocycles. The quantitative estimate of drug-likeness (QED) is 0.568. The first-order valence-corrected chi connectivity index (χ1v) is 9.39. The predicted octanol–water partition coefficient (Wildman–Crippen LogP) is 2.92. The van der Waals surface area contributed by atoms with Crippen LogP contribution < -0.4 is 10.0 Å². The molecule has 0 aliphatic heterocycles. The molecule has 0 radical (unpaired) electrons. The van der Waals surface area contributed by atoms with Gasteiger partial charge in [-0.15, -0.1) is 0 Å². The zero-order valence-corrected chi connectivity index (χ0v) is 15.1. The summed E-state index contributed by atoms with van der Waals surface area (Å²) in [4.78, 5) is 22.5. The predicted molar refractivity (Wildman–Crippen MR) is 97.6 cm³/mol. The number of carbonyl (C=O) groups is 1. The fourth-order valence-electron chi connectivity index (χ4n) is 2.10. The summed E-state index contributed by atoms with van der Waals surface area (Å²) in [6, 6.07) is 10.8. The van der Waals surface area contributed by atoms with Gasteiger partial charge in [0.05, 0.1) is 9.82 Å². The summed E-state index contributed by atoms with van der Waals surface area (Å²) in [6.45, 7) is 3.63. The largest absolute Gasteiger partial charge is 0.322 e. The van der Waals surface area contributed by atoms with Gasteiger partial charge in [0.1, 0.15) is 0 Å². The van der Waals surface area contributed by atoms with Crippen LogP contribution in [0, 0.1) is 10.1 Å². The van der Waals surface area contributed by atoms with Gasteiger partial charge in [-0.3, -0.25) is 14.9 Å². The van der Waals surface area contributed by atoms with Gasteiger partial charge in [-0.05, 0) is 43.7 Å². The standard InChI is InChI=1S/C17H19N3O5S/c1-3-12(2)19-26(24,25)16-9-7-13(8-10-16)17(21)18-14-5-4-6-15(11-14)20(22)23/h4-12,19H,3H2,1-2H3,(H,18,21)/t12-/m0/s1. The second-order valence-corrected chi connectivity index (χ2v) is 7.43. The van der Waals surface area contributed by atoms with E-state index in [9.17, 15) is 23.3 Å². The highest BCUT2D eigenvalue weighted by atomic mass is 32.2. The second kappa shape index (κ2) is 8.07. The van der Waals surface area contributed by atoms with Crippen LogP contribution in [0.4, 0.5) is 11.4 Å². The summed E-state index contributed by atoms with van der Waals surface area (Å²) in [5, 5.41) is 13.3. The van der Waals surface area contributed by atoms with E-state index in [-0.39, 0.29) is 27.9 Å². The molecular formula is C17H19N3O5S. The lowest BCUT2D eigenvalue weighted by Crippen LogP contribution is -2.32. The molecule has 8 nitrogen and oxygen atoms in total. The van der Waals surface area contributed by atoms with E-state index in [1.807, 2.05) is 6.92 Å². The zero-order valence-electron chi connectivity index (χ0n) is 14.3. The molecule has 0 unspecified atom stereocenters. The van der Waals surface area contributed by atoms with Crippen molar-refractivity contribution in [3.05, 3.63) is 64.2 Å². The molecule has 0 fully saturated rings. The van der Waals surface area contributed by atoms with E-state index in [2.05, 4.69) is 10.0 Å². The number of carbonyl (C=O) groups excluding carboxylic acids is 1. The molecule has 26 heavy (non-hydrogen) atoms. The number of nitrogens with zero attached hydrogens (tertiary/aromatic N) is 1. The van der Waals surface area contributed by atoms with Crippen molar-refractivity contribution in [2.24, 2.45) is 0 Å². The van der Waals surface area contributed by atoms with Gasteiger partial charge >= 0.3 is 0 Å². The summed E-state index contributed by atoms with van der Waals surface area (Å²) in [7, 11) is -3.64. The highest BCUT2D eigenvalue weighted by Crippen LogP contribution is 2.18. The number of nitrogens with one attached hydrogen (secondary N) is 2. The molecule has 9 heteroatoms. The normalized spacial score (nSPS) is 12.4. The third kappa shape index (κ3) is 4.87. The first-order chi connectivity index (χ1) is 12.2. The fraction of sp³-hybridized carbons (Fsp3) is 0.235. The molecule has 138 valence electrons. The van der Waals surface area contributed by atoms with Crippen molar-refractivity contribution < 1.29 is 18.1 Å². The fourth-order valence-corrected chi connectivity index (χ4v) is 3.43. The minimum Gasteiger partial charge on any atom is -0.322 e. The Kier molecular flexibility index (Phi) is 6.06. The second-order valence-electron chi connectivity index (χ2n) is 5.72. The first-order valence-electron chi connectivity index (χ1n) is 7.91. The van der Waals surface area contributed by atoms with E-state index in [1.54, 1.807) is 6.92 Å². The van der Waals surface area contributed by atoms with Crippen molar-refractivity contribution in [2.45, 2.75) is 31.2 Å². The lowest BCUT2D eigenvalue weighted by atomic mass is 10.2. The van der Waals surface area contributed by atoms with Crippen LogP contribution in [0.15, 0.2) is 53.4 Å². The molecule has 1 atom stereocenters. The number of amides is 1. The molecule has 2 rings (SSSR count). The maximum Gasteiger partial charge on any atom is 0.271 e. The number of nitro groups is 1. The van der Waals surface area contributed by atoms with E-state index in [4.69, 9.17) is 0 Å². The molecule has 2 aromatic rings. The van der Waals surface area contributed by atoms with Crippen molar-refractivity contribution >= 4 is 27.3 Å². The summed E-state index contributed by atoms with van der Waals surface area (Å²) >= 11 is 0. The molecule has 0 spiro atoms. The Bertz CT molecular complexity index is 910. The van der Waals surface area contributed by atoms with Crippen LogP contribution in [0.1, 0.15) is 30.6 Å². The summed E-state index contributed by atoms with van der Waals surface area (Å²) in [6.07, 6.45) is 0.656. The number of hydrogen-bond donors (Lipinski definition) is 2. The molecule has 0 aliphatic carbocycles. The van der Waals surface area contributed by atoms with Crippen LogP contribution in [-0.2, 0) is 10.0 Å². The van der Waals surface area contributed by atoms with Gasteiger partial charge in [0.25, 0.3) is 11.6 Å². The molecule has 0 aliphatic rings. The summed E-state index contributed by atoms with van der Waals surface area (Å²) < 4.78 is 26.9. The Morgan fingerprint density at radius 1 is 1.19 bits per heavy atom. The Labute approximate surface area is 151 Å². The van der Waals surface area contributed by atoms with Crippen LogP contribution in [0.5, 0.6) is 0 Å². The Morgan fingerprint density at radius 2 is 1.85 bits per heavy atom. The van der Waals surface area contributed by atoms with Crippen molar-refractivity contribution in [1.29, 1.82) is 0 Å². The molecular weight excluding hydrogens is 358 g/mol. The maximum atomic E-state index is 12.2. The smallest absolute Gasteiger partial charge is 0.271 e. The number of benzene rings is 2. The Morgan fingerprint density at radius 3 is 2.42 bits per heavy atom. The van der Waals surface area contributed by atoms with Crippen molar-refractivity contribution in [1.82, 2.24) is 4.72 Å². The van der Waals surface area contributed by atoms with Gasteiger partial charge in [-0.25, -0.2) is 13.1 Å². The average Bonchev–Trinajstić information content (AvgIpc) is 2.61. The zero-order chi connectivity index (χ0) is 19.3. The number of anilines is 1. The van der Waals surface area contributed by atoms with E-state index >= 15 is 0 Å². The third-order valence-corrected chi connectivity index (χ3v) is 5.32. The Balaban J connectivity index is 2.14. The Hall–Kier alpha value is -2.78. The molecule has 0 heterocycles. The van der Waals surface area contributed by atoms with E-state index in [0.29, 0.717) is 6.42 Å². The van der Waals surface area contributed by atoms with Crippen LogP contribution in [0.2, 0.25) is 0 Å². The number of rotatable bonds is 7. The van der Waals surface area contributed by atoms with Crippen LogP contribution in [0.3, 0.4) is 0 Å². The average molecular weight is 377 g/mol. The highest BCUT2D eigenvalue weighted by Gasteiger charge is 2.17. The van der Waals surface area contributed by atoms with Gasteiger partial charge in [0, 0.05) is 29.4 Å². The SMILES string of the molecule is CC[C@H](C)NS(=O)(=O)c1ccc(C(=O)Nc2cccc([N+](=O)[O-])c2)cc1. The van der Waals surface area contributed by atoms with E-state index in [1.165, 1.54) is 48.5 Å². The van der Waals surface area contributed by atoms with Crippen LogP contribution in [-0.4, -0.2) is 25.3 Å². The number of hydrogen-bond acceptors (Lipinski definition) is 5. The van der Waals surface area contributed by atoms with Gasteiger partial charge in [0.15, 0.2) is 0 Å². The number of sulfonamides is 1. The van der Waals surface area contributed by atoms with Gasteiger partial charge in [-0.2, -0.15) is 0 Å². The molecule has 0 bridgehead atoms. The van der Waals surface area contributed by atoms with Gasteiger partial charge in [0.2, 0.25) is 10.0 Å². The highest BCUT2D eigenvalue weighted by molar-refractivity contribution is 7.89. The van der Waals surface area contributed by atoms with E-state index < -0.39 is 20.9 Å². The van der Waals surface area contributed by atoms with Crippen molar-refractivity contribution in [3.63, 3.8) is 0 Å². The topological polar surface area (TPSA) is 118 Å². The first kappa shape index (κ1) is 19.5. The van der Waals surface area contributed by atoms with Crippen molar-refractivity contribution in [3.8, 4) is 0 Å². The molecule has 2 N–H and O–H groups in total. The van der Waals surface area contributed by atoms with Crippen LogP contribution >= 0.6 is 0 Å². The van der Waals surface area contributed by atoms with E-state index in [0.717, 1.165) is 0 Å². The molecule has 2 aromatic carbocycles. The van der Waals surface area contributed by atoms with Crippen LogP contribution in [0.25, 0.3) is 0 Å². The minimum absolute atomic E-state index is 0.0599. The third-order valence-electron chi connectivity index (χ3n) is 3.71. The number of non-ortho nitro benzene ring substituents is 1. The monoisotopic (exact) mass is 377 g/mol. The van der Waals surface area contributed by atoms with Crippen molar-refractivity contribution in [2.75, 3.05) is 5.32 Å². The molecule has 0 aromatic heterocycles. The minimum atomic E-state index is -3.64. The summed E-state index contributed by atoms with van der Waals surface area (Å²) in [5.74, 6) is -0.496. The van der Waals surface area contributed by atoms with Gasteiger partial charge < -0.3 is 5.32 Å². The maximum absolute atomic E-state index is 12.2. The molecule has 1 amide bonds. The lowest BCUT2D eigenvalue weighted by Gasteiger charge is -2.12. The lowest BCUT2D eigenvalue weighted by molar-refractivity contribution is -0.384. The van der Waals surface area contributed by atoms with Gasteiger partial charge in [-0.1, -0.05) is 13.0 Å².